The molecule has 0 atom stereocenters. The zero-order chi connectivity index (χ0) is 20.2. The van der Waals surface area contributed by atoms with Gasteiger partial charge in [0.15, 0.2) is 5.78 Å². The van der Waals surface area contributed by atoms with E-state index >= 15 is 0 Å². The van der Waals surface area contributed by atoms with Gasteiger partial charge in [-0.05, 0) is 25.1 Å². The fraction of sp³-hybridized carbons (Fsp3) is 0.400. The number of benzene rings is 1. The highest BCUT2D eigenvalue weighted by Gasteiger charge is 2.22. The molecule has 1 aromatic heterocycles. The fourth-order valence-corrected chi connectivity index (χ4v) is 2.46. The second-order valence-corrected chi connectivity index (χ2v) is 7.23. The van der Waals surface area contributed by atoms with Crippen LogP contribution in [0.3, 0.4) is 0 Å². The van der Waals surface area contributed by atoms with Gasteiger partial charge in [-0.15, -0.1) is 0 Å². The first-order valence-electron chi connectivity index (χ1n) is 8.76. The number of anilines is 1. The van der Waals surface area contributed by atoms with E-state index in [0.29, 0.717) is 16.9 Å². The van der Waals surface area contributed by atoms with Crippen molar-refractivity contribution in [3.63, 3.8) is 0 Å². The lowest BCUT2D eigenvalue weighted by molar-refractivity contribution is -0.141. The molecule has 0 unspecified atom stereocenters. The Kier molecular flexibility index (Phi) is 6.15. The molecule has 0 bridgehead atoms. The first kappa shape index (κ1) is 20.4. The van der Waals surface area contributed by atoms with Crippen LogP contribution in [-0.4, -0.2) is 34.0 Å². The summed E-state index contributed by atoms with van der Waals surface area (Å²) in [6.45, 7) is 7.98. The number of hydrogen-bond acceptors (Lipinski definition) is 5. The first-order chi connectivity index (χ1) is 12.6. The summed E-state index contributed by atoms with van der Waals surface area (Å²) in [5.41, 5.74) is 1.86. The normalized spacial score (nSPS) is 11.1. The molecule has 2 aromatic rings. The number of hydrogen-bond donors (Lipinski definition) is 1. The smallest absolute Gasteiger partial charge is 0.313 e. The van der Waals surface area contributed by atoms with E-state index in [1.807, 2.05) is 20.8 Å². The highest BCUT2D eigenvalue weighted by atomic mass is 16.5. The molecular weight excluding hydrogens is 346 g/mol. The number of amides is 1. The molecule has 0 radical (unpaired) electrons. The molecule has 0 saturated carbocycles. The highest BCUT2D eigenvalue weighted by Crippen LogP contribution is 2.22. The van der Waals surface area contributed by atoms with Gasteiger partial charge in [0.05, 0.1) is 12.3 Å². The first-order valence-corrected chi connectivity index (χ1v) is 8.76. The third-order valence-corrected chi connectivity index (χ3v) is 3.93. The molecule has 0 spiro atoms. The number of ether oxygens (including phenoxy) is 1. The lowest BCUT2D eigenvalue weighted by Gasteiger charge is -2.13. The van der Waals surface area contributed by atoms with Gasteiger partial charge < -0.3 is 10.1 Å². The summed E-state index contributed by atoms with van der Waals surface area (Å²) in [5.74, 6) is -1.25. The summed E-state index contributed by atoms with van der Waals surface area (Å²) in [6.07, 6.45) is -0.331. The Bertz CT molecular complexity index is 862. The van der Waals surface area contributed by atoms with Gasteiger partial charge >= 0.3 is 5.97 Å². The number of nitrogens with zero attached hydrogens (tertiary/aromatic N) is 2. The van der Waals surface area contributed by atoms with Crippen LogP contribution in [0.5, 0.6) is 0 Å². The van der Waals surface area contributed by atoms with E-state index in [4.69, 9.17) is 4.74 Å². The second-order valence-electron chi connectivity index (χ2n) is 7.23. The molecule has 0 aliphatic rings. The molecule has 0 saturated heterocycles. The average molecular weight is 371 g/mol. The van der Waals surface area contributed by atoms with Gasteiger partial charge in [0, 0.05) is 23.7 Å². The Hall–Kier alpha value is -2.96. The van der Waals surface area contributed by atoms with E-state index < -0.39 is 5.97 Å². The Morgan fingerprint density at radius 2 is 1.89 bits per heavy atom. The number of carbonyl (C=O) groups is 3. The number of rotatable bonds is 6. The average Bonchev–Trinajstić information content (AvgIpc) is 2.97. The molecule has 0 aliphatic heterocycles. The quantitative estimate of drug-likeness (QED) is 0.479. The summed E-state index contributed by atoms with van der Waals surface area (Å²) in [7, 11) is 1.71. The molecule has 144 valence electrons. The van der Waals surface area contributed by atoms with Crippen LogP contribution < -0.4 is 5.32 Å². The van der Waals surface area contributed by atoms with Crippen LogP contribution in [0.15, 0.2) is 30.3 Å². The molecule has 1 N–H and O–H groups in total. The highest BCUT2D eigenvalue weighted by molar-refractivity contribution is 6.07. The predicted molar refractivity (Wildman–Crippen MR) is 102 cm³/mol. The lowest BCUT2D eigenvalue weighted by atomic mass is 9.92. The Labute approximate surface area is 158 Å². The van der Waals surface area contributed by atoms with Gasteiger partial charge in [-0.3, -0.25) is 19.1 Å². The second kappa shape index (κ2) is 8.16. The third kappa shape index (κ3) is 5.26. The summed E-state index contributed by atoms with van der Waals surface area (Å²) >= 11 is 0. The molecule has 1 heterocycles. The largest absolute Gasteiger partial charge is 0.466 e. The molecule has 0 fully saturated rings. The summed E-state index contributed by atoms with van der Waals surface area (Å²) in [4.78, 5) is 36.2. The maximum atomic E-state index is 12.6. The van der Waals surface area contributed by atoms with Crippen molar-refractivity contribution in [2.45, 2.75) is 39.5 Å². The minimum absolute atomic E-state index is 0.171. The van der Waals surface area contributed by atoms with Crippen molar-refractivity contribution < 1.29 is 19.1 Å². The van der Waals surface area contributed by atoms with Gasteiger partial charge in [-0.25, -0.2) is 0 Å². The number of aryl methyl sites for hydroxylation is 1. The Morgan fingerprint density at radius 1 is 1.19 bits per heavy atom. The van der Waals surface area contributed by atoms with Crippen LogP contribution in [0.25, 0.3) is 0 Å². The number of ketones is 1. The van der Waals surface area contributed by atoms with Crippen molar-refractivity contribution in [3.8, 4) is 0 Å². The molecule has 7 heteroatoms. The number of carbonyl (C=O) groups excluding carboxylic acids is 3. The SMILES string of the molecule is CCOC(=O)CC(=O)c1cccc(NC(=O)c2cc(C(C)(C)C)nn2C)c1. The standard InChI is InChI=1S/C20H25N3O4/c1-6-27-18(25)12-16(24)13-8-7-9-14(10-13)21-19(26)15-11-17(20(2,3)4)22-23(15)5/h7-11H,6,12H2,1-5H3,(H,21,26). The molecule has 2 rings (SSSR count). The Balaban J connectivity index is 2.14. The topological polar surface area (TPSA) is 90.3 Å². The van der Waals surface area contributed by atoms with Crippen LogP contribution in [0, 0.1) is 0 Å². The van der Waals surface area contributed by atoms with Crippen LogP contribution in [0.4, 0.5) is 5.69 Å². The van der Waals surface area contributed by atoms with Gasteiger partial charge in [-0.1, -0.05) is 32.9 Å². The predicted octanol–water partition coefficient (Wildman–Crippen LogP) is 3.11. The van der Waals surface area contributed by atoms with Crippen molar-refractivity contribution in [1.29, 1.82) is 0 Å². The van der Waals surface area contributed by atoms with E-state index in [0.717, 1.165) is 5.69 Å². The molecule has 1 amide bonds. The van der Waals surface area contributed by atoms with Crippen LogP contribution in [0.2, 0.25) is 0 Å². The summed E-state index contributed by atoms with van der Waals surface area (Å²) in [6, 6.07) is 8.22. The van der Waals surface area contributed by atoms with Crippen molar-refractivity contribution >= 4 is 23.3 Å². The van der Waals surface area contributed by atoms with Crippen molar-refractivity contribution in [2.24, 2.45) is 7.05 Å². The lowest BCUT2D eigenvalue weighted by Crippen LogP contribution is -2.16. The van der Waals surface area contributed by atoms with E-state index in [9.17, 15) is 14.4 Å². The van der Waals surface area contributed by atoms with E-state index in [1.165, 1.54) is 4.68 Å². The zero-order valence-corrected chi connectivity index (χ0v) is 16.3. The van der Waals surface area contributed by atoms with Crippen molar-refractivity contribution in [2.75, 3.05) is 11.9 Å². The number of nitrogens with one attached hydrogen (secondary N) is 1. The number of Topliss-reactive ketones (excluding diaryl/α,β-unsaturated/α-hetero) is 1. The molecular formula is C20H25N3O4. The minimum atomic E-state index is -0.568. The van der Waals surface area contributed by atoms with Gasteiger partial charge in [0.1, 0.15) is 12.1 Å². The maximum Gasteiger partial charge on any atom is 0.313 e. The van der Waals surface area contributed by atoms with Crippen LogP contribution >= 0.6 is 0 Å². The van der Waals surface area contributed by atoms with Crippen molar-refractivity contribution in [1.82, 2.24) is 9.78 Å². The third-order valence-electron chi connectivity index (χ3n) is 3.93. The van der Waals surface area contributed by atoms with Crippen LogP contribution in [0.1, 0.15) is 60.7 Å². The fourth-order valence-electron chi connectivity index (χ4n) is 2.46. The summed E-state index contributed by atoms with van der Waals surface area (Å²) < 4.78 is 6.32. The maximum absolute atomic E-state index is 12.6. The minimum Gasteiger partial charge on any atom is -0.466 e. The monoisotopic (exact) mass is 371 g/mol. The van der Waals surface area contributed by atoms with Gasteiger partial charge in [-0.2, -0.15) is 5.10 Å². The number of aromatic nitrogens is 2. The number of esters is 1. The Morgan fingerprint density at radius 3 is 2.48 bits per heavy atom. The van der Waals surface area contributed by atoms with E-state index in [-0.39, 0.29) is 30.1 Å². The van der Waals surface area contributed by atoms with Crippen molar-refractivity contribution in [3.05, 3.63) is 47.3 Å². The molecule has 1 aromatic carbocycles. The molecule has 27 heavy (non-hydrogen) atoms. The van der Waals surface area contributed by atoms with Gasteiger partial charge in [0.25, 0.3) is 5.91 Å². The van der Waals surface area contributed by atoms with Crippen LogP contribution in [-0.2, 0) is 22.0 Å². The summed E-state index contributed by atoms with van der Waals surface area (Å²) in [5, 5.41) is 7.16. The zero-order valence-electron chi connectivity index (χ0n) is 16.3. The molecule has 7 nitrogen and oxygen atoms in total. The van der Waals surface area contributed by atoms with Gasteiger partial charge in [0.2, 0.25) is 0 Å². The molecule has 0 aliphatic carbocycles. The van der Waals surface area contributed by atoms with E-state index in [2.05, 4.69) is 10.4 Å². The van der Waals surface area contributed by atoms with E-state index in [1.54, 1.807) is 44.3 Å².